The molecule has 0 saturated carbocycles. The molecule has 2 aromatic carbocycles. The lowest BCUT2D eigenvalue weighted by atomic mass is 9.99. The quantitative estimate of drug-likeness (QED) is 0.754. The molecular formula is C18H15N5. The molecule has 0 radical (unpaired) electrons. The molecule has 0 unspecified atom stereocenters. The molecular weight excluding hydrogens is 286 g/mol. The average molecular weight is 301 g/mol. The van der Waals surface area contributed by atoms with E-state index < -0.39 is 0 Å². The molecule has 3 aromatic rings. The van der Waals surface area contributed by atoms with Crippen molar-refractivity contribution in [3.63, 3.8) is 0 Å². The summed E-state index contributed by atoms with van der Waals surface area (Å²) in [5, 5.41) is 13.3. The summed E-state index contributed by atoms with van der Waals surface area (Å²) in [4.78, 5) is 4.12. The molecule has 112 valence electrons. The highest BCUT2D eigenvalue weighted by Gasteiger charge is 2.04. The van der Waals surface area contributed by atoms with E-state index in [4.69, 9.17) is 11.0 Å². The lowest BCUT2D eigenvalue weighted by molar-refractivity contribution is 0.897. The molecule has 0 fully saturated rings. The maximum atomic E-state index is 8.90. The summed E-state index contributed by atoms with van der Waals surface area (Å²) < 4.78 is 1.55. The zero-order valence-corrected chi connectivity index (χ0v) is 12.6. The van der Waals surface area contributed by atoms with Crippen LogP contribution in [0.1, 0.15) is 16.8 Å². The summed E-state index contributed by atoms with van der Waals surface area (Å²) >= 11 is 0. The van der Waals surface area contributed by atoms with E-state index in [-0.39, 0.29) is 0 Å². The summed E-state index contributed by atoms with van der Waals surface area (Å²) in [7, 11) is 0. The van der Waals surface area contributed by atoms with Crippen molar-refractivity contribution < 1.29 is 0 Å². The molecule has 0 spiro atoms. The zero-order chi connectivity index (χ0) is 16.2. The topological polar surface area (TPSA) is 80.0 Å². The molecule has 23 heavy (non-hydrogen) atoms. The molecule has 0 saturated heterocycles. The van der Waals surface area contributed by atoms with Gasteiger partial charge in [-0.3, -0.25) is 0 Å². The largest absolute Gasteiger partial charge is 0.368 e. The first-order chi connectivity index (χ1) is 11.2. The minimum absolute atomic E-state index is 0.356. The number of rotatable bonds is 3. The molecule has 3 rings (SSSR count). The first-order valence-corrected chi connectivity index (χ1v) is 7.13. The van der Waals surface area contributed by atoms with Crippen LogP contribution < -0.4 is 5.73 Å². The number of hydrogen-bond acceptors (Lipinski definition) is 4. The molecule has 2 N–H and O–H groups in total. The third-order valence-corrected chi connectivity index (χ3v) is 3.44. The van der Waals surface area contributed by atoms with E-state index in [1.165, 1.54) is 0 Å². The number of nitrogens with two attached hydrogens (primary N) is 1. The standard InChI is InChI=1S/C18H15N5/c1-13-12-23(18(20)22-13)21-11-16-4-2-3-5-17(16)15-8-6-14(10-19)7-9-15/h2-9,11-12H,1H3,(H2,20,22). The molecule has 5 heteroatoms. The van der Waals surface area contributed by atoms with E-state index in [1.807, 2.05) is 43.3 Å². The van der Waals surface area contributed by atoms with E-state index >= 15 is 0 Å². The number of benzene rings is 2. The highest BCUT2D eigenvalue weighted by molar-refractivity contribution is 5.90. The molecule has 0 aliphatic heterocycles. The molecule has 0 aliphatic rings. The van der Waals surface area contributed by atoms with Crippen molar-refractivity contribution >= 4 is 12.2 Å². The van der Waals surface area contributed by atoms with Crippen LogP contribution in [0.3, 0.4) is 0 Å². The van der Waals surface area contributed by atoms with Gasteiger partial charge in [0.15, 0.2) is 0 Å². The van der Waals surface area contributed by atoms with Gasteiger partial charge < -0.3 is 5.73 Å². The Labute approximate surface area is 134 Å². The van der Waals surface area contributed by atoms with Crippen LogP contribution in [0.15, 0.2) is 59.8 Å². The Morgan fingerprint density at radius 2 is 1.91 bits per heavy atom. The second-order valence-electron chi connectivity index (χ2n) is 5.11. The lowest BCUT2D eigenvalue weighted by Gasteiger charge is -2.06. The van der Waals surface area contributed by atoms with Crippen LogP contribution in [0.4, 0.5) is 5.95 Å². The summed E-state index contributed by atoms with van der Waals surface area (Å²) in [6.45, 7) is 1.87. The third-order valence-electron chi connectivity index (χ3n) is 3.44. The number of aryl methyl sites for hydroxylation is 1. The van der Waals surface area contributed by atoms with E-state index in [2.05, 4.69) is 16.2 Å². The van der Waals surface area contributed by atoms with Crippen molar-refractivity contribution in [1.29, 1.82) is 5.26 Å². The van der Waals surface area contributed by atoms with Gasteiger partial charge in [-0.1, -0.05) is 36.4 Å². The number of hydrogen-bond donors (Lipinski definition) is 1. The summed E-state index contributed by atoms with van der Waals surface area (Å²) in [5.74, 6) is 0.356. The summed E-state index contributed by atoms with van der Waals surface area (Å²) in [5.41, 5.74) is 10.3. The van der Waals surface area contributed by atoms with Gasteiger partial charge in [0.05, 0.1) is 29.7 Å². The van der Waals surface area contributed by atoms with Gasteiger partial charge in [0.1, 0.15) is 0 Å². The maximum Gasteiger partial charge on any atom is 0.221 e. The van der Waals surface area contributed by atoms with Gasteiger partial charge in [-0.15, -0.1) is 0 Å². The van der Waals surface area contributed by atoms with Gasteiger partial charge in [0.2, 0.25) is 5.95 Å². The zero-order valence-electron chi connectivity index (χ0n) is 12.6. The van der Waals surface area contributed by atoms with Gasteiger partial charge in [0.25, 0.3) is 0 Å². The SMILES string of the molecule is Cc1cn(N=Cc2ccccc2-c2ccc(C#N)cc2)c(N)n1. The molecule has 5 nitrogen and oxygen atoms in total. The Balaban J connectivity index is 1.97. The molecule has 0 amide bonds. The minimum atomic E-state index is 0.356. The van der Waals surface area contributed by atoms with Crippen LogP contribution in [0.2, 0.25) is 0 Å². The van der Waals surface area contributed by atoms with Crippen LogP contribution in [0, 0.1) is 18.3 Å². The first-order valence-electron chi connectivity index (χ1n) is 7.13. The third kappa shape index (κ3) is 3.11. The monoisotopic (exact) mass is 301 g/mol. The molecule has 1 aromatic heterocycles. The Bertz CT molecular complexity index is 898. The van der Waals surface area contributed by atoms with Crippen molar-refractivity contribution in [2.24, 2.45) is 5.10 Å². The second-order valence-corrected chi connectivity index (χ2v) is 5.11. The smallest absolute Gasteiger partial charge is 0.221 e. The van der Waals surface area contributed by atoms with Crippen LogP contribution in [0.5, 0.6) is 0 Å². The van der Waals surface area contributed by atoms with Crippen molar-refractivity contribution in [3.8, 4) is 17.2 Å². The first kappa shape index (κ1) is 14.5. The van der Waals surface area contributed by atoms with Gasteiger partial charge in [-0.25, -0.2) is 9.66 Å². The normalized spacial score (nSPS) is 10.8. The van der Waals surface area contributed by atoms with Gasteiger partial charge in [-0.2, -0.15) is 10.4 Å². The van der Waals surface area contributed by atoms with E-state index in [1.54, 1.807) is 29.2 Å². The summed E-state index contributed by atoms with van der Waals surface area (Å²) in [6.07, 6.45) is 3.53. The predicted molar refractivity (Wildman–Crippen MR) is 91.0 cm³/mol. The molecule has 1 heterocycles. The van der Waals surface area contributed by atoms with E-state index in [0.29, 0.717) is 11.5 Å². The lowest BCUT2D eigenvalue weighted by Crippen LogP contribution is -1.97. The highest BCUT2D eigenvalue weighted by atomic mass is 15.4. The number of nitrogens with zero attached hydrogens (tertiary/aromatic N) is 4. The Hall–Kier alpha value is -3.39. The van der Waals surface area contributed by atoms with E-state index in [0.717, 1.165) is 22.4 Å². The number of nitriles is 1. The average Bonchev–Trinajstić information content (AvgIpc) is 2.91. The van der Waals surface area contributed by atoms with Crippen LogP contribution in [-0.2, 0) is 0 Å². The molecule has 0 bridgehead atoms. The fourth-order valence-electron chi connectivity index (χ4n) is 2.32. The highest BCUT2D eigenvalue weighted by Crippen LogP contribution is 2.23. The van der Waals surface area contributed by atoms with Crippen molar-refractivity contribution in [3.05, 3.63) is 71.5 Å². The second kappa shape index (κ2) is 6.16. The predicted octanol–water partition coefficient (Wildman–Crippen LogP) is 3.19. The Morgan fingerprint density at radius 1 is 1.17 bits per heavy atom. The van der Waals surface area contributed by atoms with Crippen molar-refractivity contribution in [1.82, 2.24) is 9.66 Å². The van der Waals surface area contributed by atoms with Gasteiger partial charge in [0, 0.05) is 5.56 Å². The van der Waals surface area contributed by atoms with Crippen LogP contribution in [0.25, 0.3) is 11.1 Å². The van der Waals surface area contributed by atoms with E-state index in [9.17, 15) is 0 Å². The molecule has 0 aliphatic carbocycles. The van der Waals surface area contributed by atoms with Crippen molar-refractivity contribution in [2.75, 3.05) is 5.73 Å². The fraction of sp³-hybridized carbons (Fsp3) is 0.0556. The number of aromatic nitrogens is 2. The number of anilines is 1. The number of imidazole rings is 1. The van der Waals surface area contributed by atoms with Crippen LogP contribution in [-0.4, -0.2) is 15.9 Å². The molecule has 0 atom stereocenters. The fourth-order valence-corrected chi connectivity index (χ4v) is 2.32. The summed E-state index contributed by atoms with van der Waals surface area (Å²) in [6, 6.07) is 17.5. The van der Waals surface area contributed by atoms with Crippen LogP contribution >= 0.6 is 0 Å². The van der Waals surface area contributed by atoms with Gasteiger partial charge in [-0.05, 0) is 30.2 Å². The van der Waals surface area contributed by atoms with Crippen molar-refractivity contribution in [2.45, 2.75) is 6.92 Å². The maximum absolute atomic E-state index is 8.90. The Morgan fingerprint density at radius 3 is 2.57 bits per heavy atom. The van der Waals surface area contributed by atoms with Gasteiger partial charge >= 0.3 is 0 Å². The number of nitrogen functional groups attached to an aromatic ring is 1. The Kier molecular flexibility index (Phi) is 3.89. The minimum Gasteiger partial charge on any atom is -0.368 e.